The summed E-state index contributed by atoms with van der Waals surface area (Å²) in [5, 5.41) is 25.6. The van der Waals surface area contributed by atoms with Crippen molar-refractivity contribution < 1.29 is 19.4 Å². The highest BCUT2D eigenvalue weighted by Gasteiger charge is 2.46. The van der Waals surface area contributed by atoms with Crippen molar-refractivity contribution in [2.75, 3.05) is 7.11 Å². The van der Waals surface area contributed by atoms with E-state index in [2.05, 4.69) is 22.5 Å². The predicted molar refractivity (Wildman–Crippen MR) is 105 cm³/mol. The molecule has 1 aliphatic heterocycles. The minimum atomic E-state index is -1.56. The summed E-state index contributed by atoms with van der Waals surface area (Å²) >= 11 is 1.19. The lowest BCUT2D eigenvalue weighted by Gasteiger charge is -2.20. The number of carbonyl (C=O) groups excluding carboxylic acids is 2. The Morgan fingerprint density at radius 2 is 2.07 bits per heavy atom. The molecule has 3 amide bonds. The second-order valence-corrected chi connectivity index (χ2v) is 7.46. The number of aromatic hydroxyl groups is 1. The van der Waals surface area contributed by atoms with Crippen LogP contribution in [-0.4, -0.2) is 34.3 Å². The fourth-order valence-corrected chi connectivity index (χ4v) is 3.75. The molecule has 0 radical (unpaired) electrons. The van der Waals surface area contributed by atoms with E-state index >= 15 is 0 Å². The van der Waals surface area contributed by atoms with Gasteiger partial charge in [-0.2, -0.15) is 5.26 Å². The number of hydrogen-bond acceptors (Lipinski definition) is 6. The van der Waals surface area contributed by atoms with E-state index < -0.39 is 17.5 Å². The van der Waals surface area contributed by atoms with Crippen LogP contribution in [-0.2, 0) is 11.3 Å². The average Bonchev–Trinajstić information content (AvgIpc) is 3.37. The Morgan fingerprint density at radius 3 is 2.72 bits per heavy atom. The minimum Gasteiger partial charge on any atom is -0.497 e. The third-order valence-electron chi connectivity index (χ3n) is 4.53. The molecule has 2 aromatic heterocycles. The van der Waals surface area contributed by atoms with Gasteiger partial charge in [0.05, 0.1) is 18.5 Å². The zero-order chi connectivity index (χ0) is 20.6. The van der Waals surface area contributed by atoms with Crippen LogP contribution in [0.25, 0.3) is 10.8 Å². The number of aromatic nitrogens is 1. The summed E-state index contributed by atoms with van der Waals surface area (Å²) in [7, 11) is 1.53. The van der Waals surface area contributed by atoms with Crippen LogP contribution in [0.5, 0.6) is 11.6 Å². The van der Waals surface area contributed by atoms with Crippen molar-refractivity contribution in [1.29, 1.82) is 5.26 Å². The molecule has 0 unspecified atom stereocenters. The van der Waals surface area contributed by atoms with Crippen molar-refractivity contribution in [3.05, 3.63) is 46.3 Å². The number of benzene rings is 1. The molecule has 1 atom stereocenters. The Kier molecular flexibility index (Phi) is 4.38. The van der Waals surface area contributed by atoms with E-state index in [1.807, 2.05) is 6.07 Å². The quantitative estimate of drug-likeness (QED) is 0.454. The zero-order valence-corrected chi connectivity index (χ0v) is 16.0. The number of ether oxygens (including phenoxy) is 1. The van der Waals surface area contributed by atoms with Crippen LogP contribution in [0.1, 0.15) is 9.75 Å². The average molecular weight is 406 g/mol. The van der Waals surface area contributed by atoms with Crippen LogP contribution < -0.4 is 15.4 Å². The molecule has 144 valence electrons. The summed E-state index contributed by atoms with van der Waals surface area (Å²) in [6, 6.07) is 9.89. The van der Waals surface area contributed by atoms with Gasteiger partial charge in [0.1, 0.15) is 16.7 Å². The minimum absolute atomic E-state index is 0.0723. The topological polar surface area (TPSA) is 116 Å². The molecule has 29 heavy (non-hydrogen) atoms. The fraction of sp³-hybridized carbons (Fsp3) is 0.150. The molecular formula is C20H14N4O4S. The molecule has 1 aliphatic rings. The summed E-state index contributed by atoms with van der Waals surface area (Å²) in [6.07, 6.45) is 1.67. The second-order valence-electron chi connectivity index (χ2n) is 6.37. The van der Waals surface area contributed by atoms with E-state index in [0.717, 1.165) is 5.39 Å². The number of urea groups is 1. The number of imide groups is 1. The van der Waals surface area contributed by atoms with Gasteiger partial charge in [-0.1, -0.05) is 11.8 Å². The summed E-state index contributed by atoms with van der Waals surface area (Å²) in [5.41, 5.74) is -1.56. The third kappa shape index (κ3) is 3.24. The second kappa shape index (κ2) is 6.89. The number of fused-ring (bicyclic) bond motifs is 1. The Morgan fingerprint density at radius 1 is 1.28 bits per heavy atom. The largest absolute Gasteiger partial charge is 0.497 e. The number of thiophene rings is 1. The monoisotopic (exact) mass is 406 g/mol. The van der Waals surface area contributed by atoms with Gasteiger partial charge < -0.3 is 19.7 Å². The van der Waals surface area contributed by atoms with Crippen molar-refractivity contribution in [3.8, 4) is 29.5 Å². The maximum atomic E-state index is 12.6. The first-order valence-corrected chi connectivity index (χ1v) is 9.28. The smallest absolute Gasteiger partial charge is 0.323 e. The van der Waals surface area contributed by atoms with Gasteiger partial charge in [0.2, 0.25) is 5.54 Å². The zero-order valence-electron chi connectivity index (χ0n) is 15.1. The molecule has 9 heteroatoms. The van der Waals surface area contributed by atoms with E-state index in [1.54, 1.807) is 36.5 Å². The van der Waals surface area contributed by atoms with Crippen molar-refractivity contribution in [2.45, 2.75) is 12.1 Å². The Bertz CT molecular complexity index is 1260. The lowest BCUT2D eigenvalue weighted by molar-refractivity contribution is -0.122. The number of nitriles is 1. The molecule has 8 nitrogen and oxygen atoms in total. The number of methoxy groups -OCH3 is 1. The third-order valence-corrected chi connectivity index (χ3v) is 5.44. The normalized spacial score (nSPS) is 17.9. The molecule has 3 N–H and O–H groups in total. The highest BCUT2D eigenvalue weighted by Crippen LogP contribution is 2.32. The predicted octanol–water partition coefficient (Wildman–Crippen LogP) is 1.92. The summed E-state index contributed by atoms with van der Waals surface area (Å²) in [4.78, 5) is 25.5. The van der Waals surface area contributed by atoms with Gasteiger partial charge in [-0.25, -0.2) is 4.79 Å². The van der Waals surface area contributed by atoms with E-state index in [0.29, 0.717) is 20.9 Å². The molecule has 1 saturated heterocycles. The molecule has 3 heterocycles. The first-order chi connectivity index (χ1) is 13.9. The lowest BCUT2D eigenvalue weighted by Crippen LogP contribution is -2.49. The first kappa shape index (κ1) is 18.4. The van der Waals surface area contributed by atoms with E-state index in [4.69, 9.17) is 10.00 Å². The maximum Gasteiger partial charge on any atom is 0.323 e. The Hall–Kier alpha value is -3.95. The molecule has 1 aromatic carbocycles. The van der Waals surface area contributed by atoms with Crippen LogP contribution in [0, 0.1) is 23.2 Å². The fourth-order valence-electron chi connectivity index (χ4n) is 3.09. The van der Waals surface area contributed by atoms with Gasteiger partial charge >= 0.3 is 6.03 Å². The van der Waals surface area contributed by atoms with Crippen molar-refractivity contribution in [2.24, 2.45) is 0 Å². The molecule has 3 aromatic rings. The van der Waals surface area contributed by atoms with Crippen molar-refractivity contribution >= 4 is 34.0 Å². The summed E-state index contributed by atoms with van der Waals surface area (Å²) in [6.45, 7) is -0.100. The highest BCUT2D eigenvalue weighted by atomic mass is 32.1. The van der Waals surface area contributed by atoms with Crippen LogP contribution in [0.2, 0.25) is 0 Å². The molecule has 0 saturated carbocycles. The maximum absolute atomic E-state index is 12.6. The van der Waals surface area contributed by atoms with Crippen molar-refractivity contribution in [1.82, 2.24) is 15.2 Å². The summed E-state index contributed by atoms with van der Waals surface area (Å²) in [5.74, 6) is 5.57. The molecule has 0 spiro atoms. The lowest BCUT2D eigenvalue weighted by atomic mass is 10.0. The van der Waals surface area contributed by atoms with E-state index in [1.165, 1.54) is 23.0 Å². The van der Waals surface area contributed by atoms with Crippen LogP contribution in [0.3, 0.4) is 0 Å². The number of rotatable bonds is 3. The van der Waals surface area contributed by atoms with Crippen LogP contribution in [0.15, 0.2) is 36.5 Å². The van der Waals surface area contributed by atoms with E-state index in [9.17, 15) is 14.7 Å². The molecule has 0 aliphatic carbocycles. The Balaban J connectivity index is 1.75. The first-order valence-electron chi connectivity index (χ1n) is 8.47. The number of carbonyl (C=O) groups is 2. The van der Waals surface area contributed by atoms with E-state index in [-0.39, 0.29) is 12.4 Å². The molecule has 4 rings (SSSR count). The molecule has 0 bridgehead atoms. The van der Waals surface area contributed by atoms with Crippen LogP contribution in [0.4, 0.5) is 4.79 Å². The van der Waals surface area contributed by atoms with Gasteiger partial charge in [0.25, 0.3) is 5.91 Å². The van der Waals surface area contributed by atoms with Gasteiger partial charge in [-0.05, 0) is 30.3 Å². The molecule has 1 fully saturated rings. The highest BCUT2D eigenvalue weighted by molar-refractivity contribution is 7.13. The molecular weight excluding hydrogens is 392 g/mol. The number of amides is 3. The van der Waals surface area contributed by atoms with Crippen molar-refractivity contribution in [3.63, 3.8) is 0 Å². The SMILES string of the molecule is COc1ccc2cn(C[C@@]3(C#Cc4ccc(C#N)s4)NC(=O)NC3=O)c(O)c2c1. The van der Waals surface area contributed by atoms with Gasteiger partial charge in [-0.3, -0.25) is 10.1 Å². The number of nitrogens with zero attached hydrogens (tertiary/aromatic N) is 2. The van der Waals surface area contributed by atoms with Crippen LogP contribution >= 0.6 is 11.3 Å². The summed E-state index contributed by atoms with van der Waals surface area (Å²) < 4.78 is 6.64. The number of hydrogen-bond donors (Lipinski definition) is 3. The van der Waals surface area contributed by atoms with Gasteiger partial charge in [0, 0.05) is 17.0 Å². The van der Waals surface area contributed by atoms with Gasteiger partial charge in [-0.15, -0.1) is 11.3 Å². The number of nitrogens with one attached hydrogen (secondary N) is 2. The Labute approximate surface area is 169 Å². The standard InChI is InChI=1S/C20H14N4O4S/c1-28-13-3-2-12-10-24(17(25)16(12)8-13)11-20(18(26)22-19(27)23-20)7-6-14-4-5-15(9-21)29-14/h2-5,8,10,25H,11H2,1H3,(H2,22,23,26,27)/t20-/m1/s1. The van der Waals surface area contributed by atoms with Gasteiger partial charge in [0.15, 0.2) is 5.88 Å².